The minimum atomic E-state index is 0.0218. The molecule has 0 unspecified atom stereocenters. The van der Waals surface area contributed by atoms with Gasteiger partial charge in [0.1, 0.15) is 0 Å². The van der Waals surface area contributed by atoms with Crippen LogP contribution < -0.4 is 0 Å². The molecule has 1 N–H and O–H groups in total. The lowest BCUT2D eigenvalue weighted by molar-refractivity contribution is -0.130. The number of nitrogens with zero attached hydrogens (tertiary/aromatic N) is 4. The van der Waals surface area contributed by atoms with E-state index < -0.39 is 0 Å². The highest BCUT2D eigenvalue weighted by Crippen LogP contribution is 2.28. The maximum atomic E-state index is 12.8. The molecule has 2 saturated heterocycles. The van der Waals surface area contributed by atoms with Crippen LogP contribution in [0.15, 0.2) is 6.20 Å². The van der Waals surface area contributed by atoms with E-state index >= 15 is 0 Å². The van der Waals surface area contributed by atoms with Gasteiger partial charge in [-0.15, -0.1) is 0 Å². The standard InChI is InChI=1S/C17H27N5O3/c1-20(2)15(23)12-21-5-3-4-13(11-21)16-14(10-18-19-16)17(24)22-6-8-25-9-7-22/h10,13H,3-9,11-12H2,1-2H3,(H,18,19)/t13-/m0/s1. The summed E-state index contributed by atoms with van der Waals surface area (Å²) in [5.74, 6) is 0.328. The molecule has 25 heavy (non-hydrogen) atoms. The van der Waals surface area contributed by atoms with Crippen LogP contribution in [0.3, 0.4) is 0 Å². The van der Waals surface area contributed by atoms with E-state index in [0.29, 0.717) is 38.4 Å². The fraction of sp³-hybridized carbons (Fsp3) is 0.706. The summed E-state index contributed by atoms with van der Waals surface area (Å²) in [6, 6.07) is 0. The van der Waals surface area contributed by atoms with Crippen molar-refractivity contribution in [2.45, 2.75) is 18.8 Å². The van der Waals surface area contributed by atoms with Crippen molar-refractivity contribution in [3.05, 3.63) is 17.5 Å². The number of carbonyl (C=O) groups is 2. The average molecular weight is 349 g/mol. The smallest absolute Gasteiger partial charge is 0.257 e. The lowest BCUT2D eigenvalue weighted by Gasteiger charge is -2.33. The number of aromatic nitrogens is 2. The van der Waals surface area contributed by atoms with Gasteiger partial charge < -0.3 is 14.5 Å². The van der Waals surface area contributed by atoms with Crippen molar-refractivity contribution in [1.82, 2.24) is 24.9 Å². The molecular weight excluding hydrogens is 322 g/mol. The fourth-order valence-electron chi connectivity index (χ4n) is 3.48. The fourth-order valence-corrected chi connectivity index (χ4v) is 3.48. The quantitative estimate of drug-likeness (QED) is 0.837. The number of likely N-dealkylation sites (N-methyl/N-ethyl adjacent to an activating group) is 1. The highest BCUT2D eigenvalue weighted by Gasteiger charge is 2.29. The summed E-state index contributed by atoms with van der Waals surface area (Å²) in [4.78, 5) is 30.4. The third-order valence-corrected chi connectivity index (χ3v) is 4.97. The summed E-state index contributed by atoms with van der Waals surface area (Å²) in [7, 11) is 3.55. The molecule has 2 aliphatic rings. The van der Waals surface area contributed by atoms with E-state index in [-0.39, 0.29) is 17.7 Å². The number of H-pyrrole nitrogens is 1. The van der Waals surface area contributed by atoms with Gasteiger partial charge in [-0.05, 0) is 19.4 Å². The molecule has 0 spiro atoms. The number of likely N-dealkylation sites (tertiary alicyclic amines) is 1. The van der Waals surface area contributed by atoms with Crippen molar-refractivity contribution in [2.75, 3.05) is 60.0 Å². The number of ether oxygens (including phenoxy) is 1. The topological polar surface area (TPSA) is 81.8 Å². The van der Waals surface area contributed by atoms with E-state index in [4.69, 9.17) is 4.74 Å². The first-order valence-corrected chi connectivity index (χ1v) is 8.89. The monoisotopic (exact) mass is 349 g/mol. The SMILES string of the molecule is CN(C)C(=O)CN1CCC[C@H](c2[nH]ncc2C(=O)N2CCOCC2)C1. The van der Waals surface area contributed by atoms with Crippen molar-refractivity contribution in [3.8, 4) is 0 Å². The van der Waals surface area contributed by atoms with Gasteiger partial charge in [0.2, 0.25) is 5.91 Å². The molecule has 1 atom stereocenters. The summed E-state index contributed by atoms with van der Waals surface area (Å²) in [6.45, 7) is 4.52. The third kappa shape index (κ3) is 4.19. The highest BCUT2D eigenvalue weighted by atomic mass is 16.5. The zero-order valence-corrected chi connectivity index (χ0v) is 15.0. The molecule has 0 radical (unpaired) electrons. The Bertz CT molecular complexity index is 609. The Morgan fingerprint density at radius 1 is 1.32 bits per heavy atom. The number of amides is 2. The molecule has 3 rings (SSSR count). The number of rotatable bonds is 4. The number of aromatic amines is 1. The second-order valence-electron chi connectivity index (χ2n) is 6.96. The zero-order valence-electron chi connectivity index (χ0n) is 15.0. The number of nitrogens with one attached hydrogen (secondary N) is 1. The summed E-state index contributed by atoms with van der Waals surface area (Å²) in [5, 5.41) is 7.17. The highest BCUT2D eigenvalue weighted by molar-refractivity contribution is 5.95. The Morgan fingerprint density at radius 3 is 2.80 bits per heavy atom. The molecule has 8 heteroatoms. The molecule has 8 nitrogen and oxygen atoms in total. The van der Waals surface area contributed by atoms with Crippen LogP contribution in [0.4, 0.5) is 0 Å². The first-order valence-electron chi connectivity index (χ1n) is 8.89. The van der Waals surface area contributed by atoms with Gasteiger partial charge in [0.05, 0.1) is 37.2 Å². The second-order valence-corrected chi connectivity index (χ2v) is 6.96. The van der Waals surface area contributed by atoms with Crippen LogP contribution in [0.2, 0.25) is 0 Å². The van der Waals surface area contributed by atoms with Crippen LogP contribution >= 0.6 is 0 Å². The number of hydrogen-bond acceptors (Lipinski definition) is 5. The van der Waals surface area contributed by atoms with E-state index in [0.717, 1.165) is 31.6 Å². The van der Waals surface area contributed by atoms with Gasteiger partial charge in [0.25, 0.3) is 5.91 Å². The summed E-state index contributed by atoms with van der Waals surface area (Å²) in [5.41, 5.74) is 1.56. The number of carbonyl (C=O) groups excluding carboxylic acids is 2. The molecule has 1 aromatic rings. The molecule has 3 heterocycles. The Kier molecular flexibility index (Phi) is 5.70. The molecule has 138 valence electrons. The molecular formula is C17H27N5O3. The first-order chi connectivity index (χ1) is 12.1. The van der Waals surface area contributed by atoms with E-state index in [9.17, 15) is 9.59 Å². The maximum absolute atomic E-state index is 12.8. The predicted octanol–water partition coefficient (Wildman–Crippen LogP) is 0.150. The van der Waals surface area contributed by atoms with Gasteiger partial charge in [-0.1, -0.05) is 0 Å². The van der Waals surface area contributed by atoms with Crippen LogP contribution in [-0.4, -0.2) is 96.7 Å². The van der Waals surface area contributed by atoms with Gasteiger partial charge in [0, 0.05) is 39.6 Å². The van der Waals surface area contributed by atoms with Crippen LogP contribution in [0, 0.1) is 0 Å². The van der Waals surface area contributed by atoms with Gasteiger partial charge in [-0.2, -0.15) is 5.10 Å². The third-order valence-electron chi connectivity index (χ3n) is 4.97. The van der Waals surface area contributed by atoms with Gasteiger partial charge in [-0.25, -0.2) is 0 Å². The summed E-state index contributed by atoms with van der Waals surface area (Å²) >= 11 is 0. The predicted molar refractivity (Wildman–Crippen MR) is 92.4 cm³/mol. The van der Waals surface area contributed by atoms with E-state index in [2.05, 4.69) is 15.1 Å². The van der Waals surface area contributed by atoms with Gasteiger partial charge in [-0.3, -0.25) is 19.6 Å². The van der Waals surface area contributed by atoms with E-state index in [1.165, 1.54) is 0 Å². The number of hydrogen-bond donors (Lipinski definition) is 1. The normalized spacial score (nSPS) is 22.0. The maximum Gasteiger partial charge on any atom is 0.257 e. The molecule has 2 amide bonds. The van der Waals surface area contributed by atoms with Gasteiger partial charge in [0.15, 0.2) is 0 Å². The van der Waals surface area contributed by atoms with Crippen LogP contribution in [0.5, 0.6) is 0 Å². The Balaban J connectivity index is 1.68. The summed E-state index contributed by atoms with van der Waals surface area (Å²) < 4.78 is 5.32. The van der Waals surface area contributed by atoms with Crippen LogP contribution in [0.25, 0.3) is 0 Å². The lowest BCUT2D eigenvalue weighted by Crippen LogP contribution is -2.43. The molecule has 0 saturated carbocycles. The van der Waals surface area contributed by atoms with Crippen molar-refractivity contribution >= 4 is 11.8 Å². The van der Waals surface area contributed by atoms with Crippen LogP contribution in [-0.2, 0) is 9.53 Å². The Morgan fingerprint density at radius 2 is 2.08 bits per heavy atom. The Hall–Kier alpha value is -1.93. The minimum Gasteiger partial charge on any atom is -0.378 e. The van der Waals surface area contributed by atoms with E-state index in [1.54, 1.807) is 25.2 Å². The molecule has 2 fully saturated rings. The molecule has 0 aliphatic carbocycles. The lowest BCUT2D eigenvalue weighted by atomic mass is 9.92. The molecule has 0 bridgehead atoms. The Labute approximate surface area is 148 Å². The zero-order chi connectivity index (χ0) is 17.8. The average Bonchev–Trinajstić information content (AvgIpc) is 3.11. The number of morpholine rings is 1. The van der Waals surface area contributed by atoms with Crippen LogP contribution in [0.1, 0.15) is 34.8 Å². The molecule has 0 aromatic carbocycles. The van der Waals surface area contributed by atoms with Crippen molar-refractivity contribution in [3.63, 3.8) is 0 Å². The first kappa shape index (κ1) is 17.9. The van der Waals surface area contributed by atoms with E-state index in [1.807, 2.05) is 4.90 Å². The largest absolute Gasteiger partial charge is 0.378 e. The molecule has 1 aromatic heterocycles. The second kappa shape index (κ2) is 7.97. The van der Waals surface area contributed by atoms with Gasteiger partial charge >= 0.3 is 0 Å². The van der Waals surface area contributed by atoms with Crippen molar-refractivity contribution in [1.29, 1.82) is 0 Å². The molecule has 2 aliphatic heterocycles. The van der Waals surface area contributed by atoms with Crippen molar-refractivity contribution in [2.24, 2.45) is 0 Å². The summed E-state index contributed by atoms with van der Waals surface area (Å²) in [6.07, 6.45) is 3.64. The van der Waals surface area contributed by atoms with Crippen molar-refractivity contribution < 1.29 is 14.3 Å². The number of piperidine rings is 1. The minimum absolute atomic E-state index is 0.0218.